The van der Waals surface area contributed by atoms with Crippen LogP contribution < -0.4 is 10.9 Å². The molecule has 0 spiro atoms. The number of nitrogens with zero attached hydrogens (tertiary/aromatic N) is 1. The Balaban J connectivity index is 2.30. The molecule has 0 saturated heterocycles. The summed E-state index contributed by atoms with van der Waals surface area (Å²) in [5.41, 5.74) is 0.762. The van der Waals surface area contributed by atoms with Crippen LogP contribution in [-0.2, 0) is 16.1 Å². The summed E-state index contributed by atoms with van der Waals surface area (Å²) in [7, 11) is 0. The fraction of sp³-hybridized carbons (Fsp3) is 0.462. The Morgan fingerprint density at radius 1 is 1.37 bits per heavy atom. The van der Waals surface area contributed by atoms with E-state index in [0.717, 1.165) is 5.56 Å². The standard InChI is InChI=1S/C13H18N2O4/c1-10-4-7-15(12(17)9-10)8-5-11(16)14-6-2-3-13(18)19/h4,7,9H,2-3,5-6,8H2,1H3,(H,14,16)(H,18,19). The molecule has 1 heterocycles. The van der Waals surface area contributed by atoms with Crippen molar-refractivity contribution < 1.29 is 14.7 Å². The molecule has 0 saturated carbocycles. The van der Waals surface area contributed by atoms with E-state index in [2.05, 4.69) is 5.32 Å². The van der Waals surface area contributed by atoms with E-state index in [9.17, 15) is 14.4 Å². The average Bonchev–Trinajstić information content (AvgIpc) is 2.33. The Hall–Kier alpha value is -2.11. The van der Waals surface area contributed by atoms with Gasteiger partial charge < -0.3 is 15.0 Å². The summed E-state index contributed by atoms with van der Waals surface area (Å²) < 4.78 is 1.48. The fourth-order valence-corrected chi connectivity index (χ4v) is 1.57. The number of hydrogen-bond acceptors (Lipinski definition) is 3. The zero-order valence-corrected chi connectivity index (χ0v) is 10.9. The van der Waals surface area contributed by atoms with E-state index in [1.807, 2.05) is 13.0 Å². The van der Waals surface area contributed by atoms with Gasteiger partial charge in [-0.25, -0.2) is 0 Å². The number of aromatic nitrogens is 1. The Morgan fingerprint density at radius 2 is 2.11 bits per heavy atom. The Bertz CT molecular complexity index is 508. The van der Waals surface area contributed by atoms with Crippen molar-refractivity contribution in [3.63, 3.8) is 0 Å². The third-order valence-corrected chi connectivity index (χ3v) is 2.62. The van der Waals surface area contributed by atoms with Gasteiger partial charge in [0.25, 0.3) is 5.56 Å². The molecule has 19 heavy (non-hydrogen) atoms. The third kappa shape index (κ3) is 5.85. The topological polar surface area (TPSA) is 88.4 Å². The van der Waals surface area contributed by atoms with Crippen molar-refractivity contribution >= 4 is 11.9 Å². The molecule has 1 amide bonds. The maximum Gasteiger partial charge on any atom is 0.303 e. The van der Waals surface area contributed by atoms with Gasteiger partial charge in [-0.3, -0.25) is 14.4 Å². The number of carbonyl (C=O) groups excluding carboxylic acids is 1. The molecule has 1 aromatic heterocycles. The molecule has 0 radical (unpaired) electrons. The first-order valence-electron chi connectivity index (χ1n) is 6.14. The summed E-state index contributed by atoms with van der Waals surface area (Å²) in [5, 5.41) is 11.1. The molecule has 0 bridgehead atoms. The van der Waals surface area contributed by atoms with Crippen LogP contribution in [-0.4, -0.2) is 28.1 Å². The molecule has 0 atom stereocenters. The highest BCUT2D eigenvalue weighted by Gasteiger charge is 2.03. The number of carboxylic acids is 1. The van der Waals surface area contributed by atoms with E-state index in [4.69, 9.17) is 5.11 Å². The number of carbonyl (C=O) groups is 2. The molecule has 0 aliphatic carbocycles. The van der Waals surface area contributed by atoms with Crippen LogP contribution in [0.15, 0.2) is 23.1 Å². The van der Waals surface area contributed by atoms with Gasteiger partial charge in [-0.1, -0.05) is 0 Å². The second-order valence-corrected chi connectivity index (χ2v) is 4.33. The number of carboxylic acid groups (broad SMARTS) is 1. The largest absolute Gasteiger partial charge is 0.481 e. The van der Waals surface area contributed by atoms with Crippen LogP contribution in [0.3, 0.4) is 0 Å². The van der Waals surface area contributed by atoms with Gasteiger partial charge in [-0.15, -0.1) is 0 Å². The van der Waals surface area contributed by atoms with Crippen molar-refractivity contribution in [2.24, 2.45) is 0 Å². The number of aryl methyl sites for hydroxylation is 2. The predicted octanol–water partition coefficient (Wildman–Crippen LogP) is 0.528. The highest BCUT2D eigenvalue weighted by Crippen LogP contribution is 1.93. The summed E-state index contributed by atoms with van der Waals surface area (Å²) in [6.07, 6.45) is 2.31. The number of amides is 1. The minimum absolute atomic E-state index is 0.0394. The van der Waals surface area contributed by atoms with Crippen molar-refractivity contribution in [2.45, 2.75) is 32.7 Å². The van der Waals surface area contributed by atoms with Gasteiger partial charge in [0.2, 0.25) is 5.91 Å². The first-order valence-corrected chi connectivity index (χ1v) is 6.14. The number of hydrogen-bond donors (Lipinski definition) is 2. The molecule has 0 aliphatic heterocycles. The van der Waals surface area contributed by atoms with Crippen molar-refractivity contribution in [3.05, 3.63) is 34.2 Å². The van der Waals surface area contributed by atoms with Crippen molar-refractivity contribution in [2.75, 3.05) is 6.54 Å². The summed E-state index contributed by atoms with van der Waals surface area (Å²) in [5.74, 6) is -1.06. The van der Waals surface area contributed by atoms with Crippen LogP contribution in [0.2, 0.25) is 0 Å². The van der Waals surface area contributed by atoms with Gasteiger partial charge in [-0.05, 0) is 25.0 Å². The van der Waals surface area contributed by atoms with Gasteiger partial charge in [0.1, 0.15) is 0 Å². The molecule has 0 unspecified atom stereocenters. The van der Waals surface area contributed by atoms with Gasteiger partial charge in [-0.2, -0.15) is 0 Å². The first-order chi connectivity index (χ1) is 8.99. The number of rotatable bonds is 7. The molecular formula is C13H18N2O4. The lowest BCUT2D eigenvalue weighted by Crippen LogP contribution is -2.28. The quantitative estimate of drug-likeness (QED) is 0.704. The van der Waals surface area contributed by atoms with Crippen LogP contribution >= 0.6 is 0 Å². The summed E-state index contributed by atoms with van der Waals surface area (Å²) in [6, 6.07) is 3.33. The van der Waals surface area contributed by atoms with Crippen molar-refractivity contribution in [1.82, 2.24) is 9.88 Å². The monoisotopic (exact) mass is 266 g/mol. The normalized spacial score (nSPS) is 10.2. The van der Waals surface area contributed by atoms with Gasteiger partial charge in [0.15, 0.2) is 0 Å². The highest BCUT2D eigenvalue weighted by atomic mass is 16.4. The van der Waals surface area contributed by atoms with E-state index in [1.165, 1.54) is 10.6 Å². The highest BCUT2D eigenvalue weighted by molar-refractivity contribution is 5.75. The molecule has 6 nitrogen and oxygen atoms in total. The molecule has 0 aliphatic rings. The van der Waals surface area contributed by atoms with Crippen LogP contribution in [0, 0.1) is 6.92 Å². The minimum atomic E-state index is -0.875. The lowest BCUT2D eigenvalue weighted by Gasteiger charge is -2.06. The van der Waals surface area contributed by atoms with E-state index >= 15 is 0 Å². The van der Waals surface area contributed by atoms with Crippen LogP contribution in [0.25, 0.3) is 0 Å². The van der Waals surface area contributed by atoms with Crippen LogP contribution in [0.1, 0.15) is 24.8 Å². The molecule has 1 rings (SSSR count). The van der Waals surface area contributed by atoms with Crippen LogP contribution in [0.4, 0.5) is 0 Å². The second kappa shape index (κ2) is 7.35. The predicted molar refractivity (Wildman–Crippen MR) is 69.9 cm³/mol. The zero-order valence-electron chi connectivity index (χ0n) is 10.9. The number of pyridine rings is 1. The average molecular weight is 266 g/mol. The summed E-state index contributed by atoms with van der Waals surface area (Å²) in [4.78, 5) is 33.3. The Morgan fingerprint density at radius 3 is 2.74 bits per heavy atom. The Labute approximate surface area is 111 Å². The van der Waals surface area contributed by atoms with Gasteiger partial charge >= 0.3 is 5.97 Å². The molecule has 2 N–H and O–H groups in total. The number of nitrogens with one attached hydrogen (secondary N) is 1. The fourth-order valence-electron chi connectivity index (χ4n) is 1.57. The first kappa shape index (κ1) is 14.9. The molecular weight excluding hydrogens is 248 g/mol. The van der Waals surface area contributed by atoms with Gasteiger partial charge in [0.05, 0.1) is 0 Å². The van der Waals surface area contributed by atoms with Crippen molar-refractivity contribution in [3.8, 4) is 0 Å². The van der Waals surface area contributed by atoms with Crippen molar-refractivity contribution in [1.29, 1.82) is 0 Å². The summed E-state index contributed by atoms with van der Waals surface area (Å²) in [6.45, 7) is 2.50. The molecule has 6 heteroatoms. The van der Waals surface area contributed by atoms with E-state index < -0.39 is 5.97 Å². The summed E-state index contributed by atoms with van der Waals surface area (Å²) >= 11 is 0. The zero-order chi connectivity index (χ0) is 14.3. The van der Waals surface area contributed by atoms with E-state index in [-0.39, 0.29) is 24.3 Å². The van der Waals surface area contributed by atoms with E-state index in [1.54, 1.807) is 6.20 Å². The lowest BCUT2D eigenvalue weighted by molar-refractivity contribution is -0.137. The smallest absolute Gasteiger partial charge is 0.303 e. The maximum atomic E-state index is 11.6. The van der Waals surface area contributed by atoms with Gasteiger partial charge in [0, 0.05) is 38.2 Å². The maximum absolute atomic E-state index is 11.6. The minimum Gasteiger partial charge on any atom is -0.481 e. The van der Waals surface area contributed by atoms with Crippen LogP contribution in [0.5, 0.6) is 0 Å². The number of aliphatic carboxylic acids is 1. The molecule has 1 aromatic rings. The molecule has 0 aromatic carbocycles. The molecule has 0 fully saturated rings. The molecule has 104 valence electrons. The third-order valence-electron chi connectivity index (χ3n) is 2.62. The van der Waals surface area contributed by atoms with E-state index in [0.29, 0.717) is 19.5 Å². The second-order valence-electron chi connectivity index (χ2n) is 4.33. The lowest BCUT2D eigenvalue weighted by atomic mass is 10.3. The Kier molecular flexibility index (Phi) is 5.78. The SMILES string of the molecule is Cc1ccn(CCC(=O)NCCCC(=O)O)c(=O)c1.